The second kappa shape index (κ2) is 2.12. The molecule has 0 saturated heterocycles. The summed E-state index contributed by atoms with van der Waals surface area (Å²) in [5, 5.41) is 0. The van der Waals surface area contributed by atoms with Gasteiger partial charge in [-0.15, -0.1) is 0 Å². The molecule has 10 heavy (non-hydrogen) atoms. The Hall–Kier alpha value is -0.780. The molecule has 0 aromatic carbocycles. The van der Waals surface area contributed by atoms with Gasteiger partial charge in [0.25, 0.3) is 0 Å². The maximum Gasteiger partial charge on any atom is -0.00214 e. The van der Waals surface area contributed by atoms with Gasteiger partial charge in [0.05, 0.1) is 0 Å². The summed E-state index contributed by atoms with van der Waals surface area (Å²) in [5.74, 6) is 0.567. The first kappa shape index (κ1) is 5.96. The van der Waals surface area contributed by atoms with E-state index in [0.717, 1.165) is 12.0 Å². The summed E-state index contributed by atoms with van der Waals surface area (Å²) in [5.41, 5.74) is 2.55. The second-order valence-corrected chi connectivity index (χ2v) is 2.79. The Kier molecular flexibility index (Phi) is 1.26. The van der Waals surface area contributed by atoms with E-state index in [2.05, 4.69) is 37.6 Å². The van der Waals surface area contributed by atoms with Crippen molar-refractivity contribution in [3.05, 3.63) is 48.8 Å². The minimum Gasteiger partial charge on any atom is -0.0955 e. The molecule has 1 atom stereocenters. The number of hydrogen-bond donors (Lipinski definition) is 0. The van der Waals surface area contributed by atoms with Crippen molar-refractivity contribution < 1.29 is 0 Å². The topological polar surface area (TPSA) is 0 Å². The highest BCUT2D eigenvalue weighted by atomic mass is 14.2. The normalized spacial score (nSPS) is 30.2. The highest BCUT2D eigenvalue weighted by molar-refractivity contribution is 5.47. The Morgan fingerprint density at radius 3 is 3.20 bits per heavy atom. The van der Waals surface area contributed by atoms with Crippen LogP contribution in [0.25, 0.3) is 0 Å². The molecule has 2 aliphatic rings. The average Bonchev–Trinajstić information content (AvgIpc) is 2.27. The van der Waals surface area contributed by atoms with Crippen molar-refractivity contribution >= 4 is 0 Å². The van der Waals surface area contributed by atoms with Crippen LogP contribution in [0.3, 0.4) is 0 Å². The molecule has 0 aromatic rings. The number of allylic oxidation sites excluding steroid dienone is 5. The van der Waals surface area contributed by atoms with E-state index in [1.807, 2.05) is 0 Å². The van der Waals surface area contributed by atoms with Crippen LogP contribution in [0.2, 0.25) is 0 Å². The lowest BCUT2D eigenvalue weighted by Crippen LogP contribution is -2.02. The van der Waals surface area contributed by atoms with E-state index in [9.17, 15) is 0 Å². The van der Waals surface area contributed by atoms with Gasteiger partial charge in [0.15, 0.2) is 0 Å². The molecule has 0 saturated carbocycles. The largest absolute Gasteiger partial charge is 0.0955 e. The van der Waals surface area contributed by atoms with Gasteiger partial charge in [-0.3, -0.25) is 0 Å². The summed E-state index contributed by atoms with van der Waals surface area (Å²) in [7, 11) is 0. The van der Waals surface area contributed by atoms with Gasteiger partial charge in [0, 0.05) is 0 Å². The Bertz CT molecular complexity index is 218. The van der Waals surface area contributed by atoms with Gasteiger partial charge in [-0.2, -0.15) is 0 Å². The maximum absolute atomic E-state index is 3.89. The summed E-state index contributed by atoms with van der Waals surface area (Å²) in [6.07, 6.45) is 12.2. The van der Waals surface area contributed by atoms with Crippen LogP contribution in [0.4, 0.5) is 0 Å². The lowest BCUT2D eigenvalue weighted by atomic mass is 9.91. The van der Waals surface area contributed by atoms with Crippen LogP contribution >= 0.6 is 0 Å². The van der Waals surface area contributed by atoms with E-state index in [0.29, 0.717) is 5.92 Å². The Morgan fingerprint density at radius 2 is 2.40 bits per heavy atom. The van der Waals surface area contributed by atoms with Crippen LogP contribution in [0, 0.1) is 18.8 Å². The molecule has 2 aliphatic carbocycles. The van der Waals surface area contributed by atoms with Gasteiger partial charge < -0.3 is 0 Å². The predicted molar refractivity (Wildman–Crippen MR) is 43.1 cm³/mol. The molecule has 2 rings (SSSR count). The Labute approximate surface area is 61.9 Å². The average molecular weight is 130 g/mol. The summed E-state index contributed by atoms with van der Waals surface area (Å²) < 4.78 is 0. The van der Waals surface area contributed by atoms with Crippen LogP contribution in [0.1, 0.15) is 6.42 Å². The second-order valence-electron chi connectivity index (χ2n) is 2.79. The first-order valence-electron chi connectivity index (χ1n) is 3.61. The molecule has 0 spiro atoms. The third kappa shape index (κ3) is 0.841. The van der Waals surface area contributed by atoms with Crippen molar-refractivity contribution in [1.29, 1.82) is 0 Å². The van der Waals surface area contributed by atoms with E-state index < -0.39 is 0 Å². The van der Waals surface area contributed by atoms with Crippen LogP contribution in [-0.2, 0) is 0 Å². The predicted octanol–water partition coefficient (Wildman–Crippen LogP) is 2.47. The van der Waals surface area contributed by atoms with E-state index >= 15 is 0 Å². The number of rotatable bonds is 0. The quantitative estimate of drug-likeness (QED) is 0.472. The molecule has 0 bridgehead atoms. The van der Waals surface area contributed by atoms with Crippen LogP contribution in [0.15, 0.2) is 36.0 Å². The minimum absolute atomic E-state index is 0.567. The zero-order valence-electron chi connectivity index (χ0n) is 5.88. The fourth-order valence-corrected chi connectivity index (χ4v) is 1.48. The van der Waals surface area contributed by atoms with Crippen LogP contribution in [0.5, 0.6) is 0 Å². The van der Waals surface area contributed by atoms with Gasteiger partial charge in [-0.1, -0.05) is 30.4 Å². The summed E-state index contributed by atoms with van der Waals surface area (Å²) >= 11 is 0. The van der Waals surface area contributed by atoms with Gasteiger partial charge in [0.2, 0.25) is 0 Å². The monoisotopic (exact) mass is 130 g/mol. The third-order valence-corrected chi connectivity index (χ3v) is 1.97. The Balaban J connectivity index is 2.30. The zero-order chi connectivity index (χ0) is 6.97. The Morgan fingerprint density at radius 1 is 1.50 bits per heavy atom. The standard InChI is InChI=1S/C10H10/c1-8-6-9-4-2-3-5-10(9)7-8/h2,4-7,10H,1,3H2. The zero-order valence-corrected chi connectivity index (χ0v) is 5.88. The van der Waals surface area contributed by atoms with Crippen molar-refractivity contribution in [1.82, 2.24) is 0 Å². The van der Waals surface area contributed by atoms with Crippen molar-refractivity contribution in [2.75, 3.05) is 0 Å². The SMILES string of the molecule is C=C1[CH]C2[CH]CC=CC2=C1. The van der Waals surface area contributed by atoms with E-state index in [4.69, 9.17) is 0 Å². The molecule has 0 N–H and O–H groups in total. The maximum atomic E-state index is 3.89. The van der Waals surface area contributed by atoms with Crippen molar-refractivity contribution in [2.45, 2.75) is 6.42 Å². The minimum atomic E-state index is 0.567. The van der Waals surface area contributed by atoms with E-state index in [1.54, 1.807) is 0 Å². The van der Waals surface area contributed by atoms with E-state index in [-0.39, 0.29) is 0 Å². The third-order valence-electron chi connectivity index (χ3n) is 1.97. The molecule has 0 heteroatoms. The molecule has 0 fully saturated rings. The molecule has 0 aromatic heterocycles. The molecular weight excluding hydrogens is 120 g/mol. The highest BCUT2D eigenvalue weighted by Crippen LogP contribution is 2.34. The van der Waals surface area contributed by atoms with Gasteiger partial charge in [-0.05, 0) is 30.8 Å². The van der Waals surface area contributed by atoms with Gasteiger partial charge in [0.1, 0.15) is 0 Å². The molecule has 1 unspecified atom stereocenters. The first-order valence-corrected chi connectivity index (χ1v) is 3.61. The fraction of sp³-hybridized carbons (Fsp3) is 0.200. The molecule has 0 amide bonds. The summed E-state index contributed by atoms with van der Waals surface area (Å²) in [4.78, 5) is 0. The smallest absolute Gasteiger partial charge is 0.00214 e. The molecule has 50 valence electrons. The molecule has 0 aliphatic heterocycles. The van der Waals surface area contributed by atoms with Crippen molar-refractivity contribution in [2.24, 2.45) is 5.92 Å². The lowest BCUT2D eigenvalue weighted by molar-refractivity contribution is 0.830. The summed E-state index contributed by atoms with van der Waals surface area (Å²) in [6.45, 7) is 3.89. The fourth-order valence-electron chi connectivity index (χ4n) is 1.48. The molecule has 0 heterocycles. The van der Waals surface area contributed by atoms with E-state index in [1.165, 1.54) is 5.57 Å². The lowest BCUT2D eigenvalue weighted by Gasteiger charge is -2.13. The number of fused-ring (bicyclic) bond motifs is 1. The number of hydrogen-bond acceptors (Lipinski definition) is 0. The molecular formula is C10H10. The summed E-state index contributed by atoms with van der Waals surface area (Å²) in [6, 6.07) is 0. The highest BCUT2D eigenvalue weighted by Gasteiger charge is 2.21. The van der Waals surface area contributed by atoms with Crippen LogP contribution in [-0.4, -0.2) is 0 Å². The molecule has 0 nitrogen and oxygen atoms in total. The van der Waals surface area contributed by atoms with Gasteiger partial charge in [-0.25, -0.2) is 0 Å². The van der Waals surface area contributed by atoms with Crippen LogP contribution < -0.4 is 0 Å². The molecule has 2 radical (unpaired) electrons. The first-order chi connectivity index (χ1) is 4.86. The van der Waals surface area contributed by atoms with Crippen molar-refractivity contribution in [3.63, 3.8) is 0 Å². The van der Waals surface area contributed by atoms with Gasteiger partial charge >= 0.3 is 0 Å². The van der Waals surface area contributed by atoms with Crippen molar-refractivity contribution in [3.8, 4) is 0 Å².